The molecule has 26 heavy (non-hydrogen) atoms. The Kier molecular flexibility index (Phi) is 5.16. The Morgan fingerprint density at radius 3 is 2.62 bits per heavy atom. The molecule has 3 fully saturated rings. The van der Waals surface area contributed by atoms with Crippen LogP contribution in [0.3, 0.4) is 0 Å². The van der Waals surface area contributed by atoms with E-state index in [-0.39, 0.29) is 12.0 Å². The first-order chi connectivity index (χ1) is 12.7. The van der Waals surface area contributed by atoms with Crippen LogP contribution in [0.4, 0.5) is 5.82 Å². The first-order valence-electron chi connectivity index (χ1n) is 10.4. The van der Waals surface area contributed by atoms with Crippen molar-refractivity contribution in [1.82, 2.24) is 9.88 Å². The normalized spacial score (nSPS) is 31.4. The van der Waals surface area contributed by atoms with Crippen LogP contribution in [0.2, 0.25) is 0 Å². The van der Waals surface area contributed by atoms with Crippen molar-refractivity contribution >= 4 is 11.7 Å². The zero-order valence-corrected chi connectivity index (χ0v) is 15.9. The van der Waals surface area contributed by atoms with E-state index < -0.39 is 0 Å². The molecule has 5 heteroatoms. The molecule has 2 saturated carbocycles. The van der Waals surface area contributed by atoms with Gasteiger partial charge in [0.1, 0.15) is 5.82 Å². The van der Waals surface area contributed by atoms with Crippen LogP contribution in [0.1, 0.15) is 39.0 Å². The van der Waals surface area contributed by atoms with E-state index >= 15 is 0 Å². The number of anilines is 1. The highest BCUT2D eigenvalue weighted by Crippen LogP contribution is 2.48. The highest BCUT2D eigenvalue weighted by Gasteiger charge is 2.50. The number of amides is 1. The maximum Gasteiger partial charge on any atom is 0.227 e. The number of aromatic nitrogens is 1. The maximum absolute atomic E-state index is 13.2. The number of rotatable bonds is 5. The molecule has 4 unspecified atom stereocenters. The van der Waals surface area contributed by atoms with Gasteiger partial charge in [0.25, 0.3) is 0 Å². The van der Waals surface area contributed by atoms with Crippen LogP contribution in [0.15, 0.2) is 24.4 Å². The fourth-order valence-electron chi connectivity index (χ4n) is 5.49. The van der Waals surface area contributed by atoms with Gasteiger partial charge in [-0.2, -0.15) is 0 Å². The summed E-state index contributed by atoms with van der Waals surface area (Å²) >= 11 is 0. The first kappa shape index (κ1) is 17.8. The number of hydrogen-bond acceptors (Lipinski definition) is 4. The lowest BCUT2D eigenvalue weighted by Gasteiger charge is -2.37. The molecular weight excluding hydrogens is 324 g/mol. The minimum Gasteiger partial charge on any atom is -0.357 e. The fraction of sp³-hybridized carbons (Fsp3) is 0.714. The quantitative estimate of drug-likeness (QED) is 0.881. The van der Waals surface area contributed by atoms with Gasteiger partial charge in [-0.1, -0.05) is 6.07 Å². The van der Waals surface area contributed by atoms with Gasteiger partial charge in [0.05, 0.1) is 5.92 Å². The Hall–Kier alpha value is -1.62. The van der Waals surface area contributed by atoms with Crippen molar-refractivity contribution in [1.29, 1.82) is 0 Å². The lowest BCUT2D eigenvalue weighted by Crippen LogP contribution is -2.49. The third-order valence-electron chi connectivity index (χ3n) is 7.03. The van der Waals surface area contributed by atoms with Crippen LogP contribution >= 0.6 is 0 Å². The van der Waals surface area contributed by atoms with Crippen molar-refractivity contribution in [2.24, 2.45) is 29.4 Å². The third-order valence-corrected chi connectivity index (χ3v) is 7.03. The molecule has 1 amide bonds. The Bertz CT molecular complexity index is 612. The molecule has 0 aromatic carbocycles. The lowest BCUT2D eigenvalue weighted by atomic mass is 9.83. The second-order valence-electron chi connectivity index (χ2n) is 8.43. The molecular formula is C21H32N4O. The average molecular weight is 357 g/mol. The molecule has 0 radical (unpaired) electrons. The predicted octanol–water partition coefficient (Wildman–Crippen LogP) is 2.52. The molecule has 2 aliphatic carbocycles. The summed E-state index contributed by atoms with van der Waals surface area (Å²) in [6.45, 7) is 5.87. The largest absolute Gasteiger partial charge is 0.357 e. The number of carbonyl (C=O) groups is 1. The van der Waals surface area contributed by atoms with E-state index in [0.717, 1.165) is 44.8 Å². The Morgan fingerprint density at radius 2 is 2.00 bits per heavy atom. The fourth-order valence-corrected chi connectivity index (χ4v) is 5.49. The molecule has 4 rings (SSSR count). The predicted molar refractivity (Wildman–Crippen MR) is 104 cm³/mol. The zero-order valence-electron chi connectivity index (χ0n) is 15.9. The van der Waals surface area contributed by atoms with Crippen LogP contribution < -0.4 is 10.6 Å². The maximum atomic E-state index is 13.2. The van der Waals surface area contributed by atoms with Crippen molar-refractivity contribution < 1.29 is 4.79 Å². The molecule has 1 saturated heterocycles. The standard InChI is InChI=1S/C21H32N4O/c1-2-24(21(26)19-16-6-7-17(13-16)20(19)22)14-15-8-11-25(12-9-15)18-5-3-4-10-23-18/h3-5,10,15-17,19-20H,2,6-9,11-14,22H2,1H3. The van der Waals surface area contributed by atoms with E-state index in [0.29, 0.717) is 23.7 Å². The summed E-state index contributed by atoms with van der Waals surface area (Å²) in [4.78, 5) is 22.1. The molecule has 1 aliphatic heterocycles. The summed E-state index contributed by atoms with van der Waals surface area (Å²) in [5.41, 5.74) is 6.41. The number of nitrogens with zero attached hydrogens (tertiary/aromatic N) is 3. The number of carbonyl (C=O) groups excluding carboxylic acids is 1. The summed E-state index contributed by atoms with van der Waals surface area (Å²) < 4.78 is 0. The van der Waals surface area contributed by atoms with E-state index in [2.05, 4.69) is 27.8 Å². The average Bonchev–Trinajstić information content (AvgIpc) is 3.28. The Balaban J connectivity index is 1.32. The van der Waals surface area contributed by atoms with Crippen LogP contribution in [0.25, 0.3) is 0 Å². The Morgan fingerprint density at radius 1 is 1.23 bits per heavy atom. The highest BCUT2D eigenvalue weighted by atomic mass is 16.2. The SMILES string of the molecule is CCN(CC1CCN(c2ccccn2)CC1)C(=O)C1C2CCC(C2)C1N. The number of fused-ring (bicyclic) bond motifs is 2. The van der Waals surface area contributed by atoms with Crippen molar-refractivity contribution in [2.75, 3.05) is 31.1 Å². The molecule has 2 heterocycles. The second-order valence-corrected chi connectivity index (χ2v) is 8.43. The van der Waals surface area contributed by atoms with Gasteiger partial charge < -0.3 is 15.5 Å². The summed E-state index contributed by atoms with van der Waals surface area (Å²) in [6, 6.07) is 6.19. The van der Waals surface area contributed by atoms with E-state index in [9.17, 15) is 4.79 Å². The lowest BCUT2D eigenvalue weighted by molar-refractivity contribution is -0.138. The van der Waals surface area contributed by atoms with E-state index in [1.54, 1.807) is 0 Å². The molecule has 2 N–H and O–H groups in total. The molecule has 5 nitrogen and oxygen atoms in total. The van der Waals surface area contributed by atoms with Crippen molar-refractivity contribution in [2.45, 2.75) is 45.1 Å². The highest BCUT2D eigenvalue weighted by molar-refractivity contribution is 5.80. The Labute approximate surface area is 156 Å². The van der Waals surface area contributed by atoms with Gasteiger partial charge in [0, 0.05) is 38.4 Å². The van der Waals surface area contributed by atoms with Crippen LogP contribution in [-0.2, 0) is 4.79 Å². The van der Waals surface area contributed by atoms with Crippen LogP contribution in [0.5, 0.6) is 0 Å². The number of hydrogen-bond donors (Lipinski definition) is 1. The van der Waals surface area contributed by atoms with Crippen molar-refractivity contribution in [3.63, 3.8) is 0 Å². The minimum atomic E-state index is 0.0855. The van der Waals surface area contributed by atoms with Crippen molar-refractivity contribution in [3.05, 3.63) is 24.4 Å². The van der Waals surface area contributed by atoms with Crippen LogP contribution in [-0.4, -0.2) is 48.0 Å². The molecule has 142 valence electrons. The molecule has 3 aliphatic rings. The van der Waals surface area contributed by atoms with E-state index in [1.807, 2.05) is 18.3 Å². The van der Waals surface area contributed by atoms with Gasteiger partial charge in [-0.05, 0) is 68.9 Å². The molecule has 2 bridgehead atoms. The van der Waals surface area contributed by atoms with E-state index in [4.69, 9.17) is 5.73 Å². The smallest absolute Gasteiger partial charge is 0.227 e. The van der Waals surface area contributed by atoms with Crippen LogP contribution in [0, 0.1) is 23.7 Å². The topological polar surface area (TPSA) is 62.5 Å². The summed E-state index contributed by atoms with van der Waals surface area (Å²) in [5, 5.41) is 0. The number of nitrogens with two attached hydrogens (primary N) is 1. The molecule has 1 aromatic rings. The van der Waals surface area contributed by atoms with Gasteiger partial charge in [-0.15, -0.1) is 0 Å². The molecule has 4 atom stereocenters. The first-order valence-corrected chi connectivity index (χ1v) is 10.4. The second kappa shape index (κ2) is 7.55. The molecule has 0 spiro atoms. The monoisotopic (exact) mass is 356 g/mol. The summed E-state index contributed by atoms with van der Waals surface area (Å²) in [7, 11) is 0. The number of piperidine rings is 1. The summed E-state index contributed by atoms with van der Waals surface area (Å²) in [6.07, 6.45) is 7.73. The molecule has 1 aromatic heterocycles. The van der Waals surface area contributed by atoms with Gasteiger partial charge in [0.15, 0.2) is 0 Å². The van der Waals surface area contributed by atoms with Gasteiger partial charge in [-0.3, -0.25) is 4.79 Å². The van der Waals surface area contributed by atoms with E-state index in [1.165, 1.54) is 19.3 Å². The van der Waals surface area contributed by atoms with Gasteiger partial charge in [-0.25, -0.2) is 4.98 Å². The van der Waals surface area contributed by atoms with Crippen molar-refractivity contribution in [3.8, 4) is 0 Å². The number of pyridine rings is 1. The zero-order chi connectivity index (χ0) is 18.1. The third kappa shape index (κ3) is 3.34. The minimum absolute atomic E-state index is 0.0855. The summed E-state index contributed by atoms with van der Waals surface area (Å²) in [5.74, 6) is 3.22. The van der Waals surface area contributed by atoms with Gasteiger partial charge >= 0.3 is 0 Å². The van der Waals surface area contributed by atoms with Gasteiger partial charge in [0.2, 0.25) is 5.91 Å².